The number of rotatable bonds is 11. The van der Waals surface area contributed by atoms with Crippen molar-refractivity contribution >= 4 is 5.69 Å². The number of benzene rings is 1. The van der Waals surface area contributed by atoms with Gasteiger partial charge in [0, 0.05) is 24.5 Å². The van der Waals surface area contributed by atoms with Gasteiger partial charge in [-0.2, -0.15) is 0 Å². The van der Waals surface area contributed by atoms with Crippen molar-refractivity contribution in [1.82, 2.24) is 10.7 Å². The van der Waals surface area contributed by atoms with Crippen LogP contribution in [0.2, 0.25) is 0 Å². The molecule has 0 amide bonds. The average Bonchev–Trinajstić information content (AvgIpc) is 2.48. The van der Waals surface area contributed by atoms with Gasteiger partial charge in [-0.15, -0.1) is 6.58 Å². The van der Waals surface area contributed by atoms with Crippen LogP contribution in [-0.4, -0.2) is 13.1 Å². The molecule has 0 fully saturated rings. The minimum absolute atomic E-state index is 0.412. The van der Waals surface area contributed by atoms with Crippen LogP contribution in [0.1, 0.15) is 45.6 Å². The van der Waals surface area contributed by atoms with Crippen LogP contribution in [0.5, 0.6) is 0 Å². The van der Waals surface area contributed by atoms with Gasteiger partial charge in [0.1, 0.15) is 0 Å². The Hall–Kier alpha value is -1.74. The predicted octanol–water partition coefficient (Wildman–Crippen LogP) is 4.65. The van der Waals surface area contributed by atoms with Gasteiger partial charge in [0.15, 0.2) is 0 Å². The largest absolute Gasteiger partial charge is 0.385 e. The number of hydrogen-bond donors (Lipinski definition) is 3. The van der Waals surface area contributed by atoms with E-state index < -0.39 is 0 Å². The number of nitrogens with one attached hydrogen (secondary N) is 3. The maximum absolute atomic E-state index is 4.19. The van der Waals surface area contributed by atoms with Crippen molar-refractivity contribution < 1.29 is 0 Å². The van der Waals surface area contributed by atoms with Crippen molar-refractivity contribution in [3.8, 4) is 0 Å². The lowest BCUT2D eigenvalue weighted by molar-refractivity contribution is 0.421. The van der Waals surface area contributed by atoms with E-state index in [2.05, 4.69) is 74.4 Å². The summed E-state index contributed by atoms with van der Waals surface area (Å²) in [6.45, 7) is 14.8. The lowest BCUT2D eigenvalue weighted by Gasteiger charge is -2.25. The van der Waals surface area contributed by atoms with Crippen molar-refractivity contribution in [3.63, 3.8) is 0 Å². The number of hydrogen-bond acceptors (Lipinski definition) is 3. The van der Waals surface area contributed by atoms with E-state index in [0.717, 1.165) is 37.1 Å². The highest BCUT2D eigenvalue weighted by molar-refractivity contribution is 5.43. The first-order valence-electron chi connectivity index (χ1n) is 8.52. The second kappa shape index (κ2) is 10.1. The SMILES string of the molecule is C=C(C)CCCC(=C)NC(Cc1ccc(NNC)cc1)C(C)C. The van der Waals surface area contributed by atoms with E-state index in [4.69, 9.17) is 0 Å². The van der Waals surface area contributed by atoms with Crippen LogP contribution < -0.4 is 16.2 Å². The van der Waals surface area contributed by atoms with Crippen LogP contribution in [0, 0.1) is 5.92 Å². The van der Waals surface area contributed by atoms with Crippen LogP contribution in [0.3, 0.4) is 0 Å². The highest BCUT2D eigenvalue weighted by Crippen LogP contribution is 2.16. The quantitative estimate of drug-likeness (QED) is 0.411. The number of allylic oxidation sites excluding steroid dienone is 2. The third kappa shape index (κ3) is 7.89. The zero-order valence-corrected chi connectivity index (χ0v) is 15.2. The van der Waals surface area contributed by atoms with E-state index in [-0.39, 0.29) is 0 Å². The smallest absolute Gasteiger partial charge is 0.0487 e. The normalized spacial score (nSPS) is 12.0. The summed E-state index contributed by atoms with van der Waals surface area (Å²) in [6, 6.07) is 8.98. The van der Waals surface area contributed by atoms with E-state index in [9.17, 15) is 0 Å². The molecule has 0 saturated heterocycles. The molecule has 1 aromatic carbocycles. The fourth-order valence-electron chi connectivity index (χ4n) is 2.51. The van der Waals surface area contributed by atoms with Gasteiger partial charge in [0.2, 0.25) is 0 Å². The molecule has 1 aromatic rings. The van der Waals surface area contributed by atoms with Gasteiger partial charge in [-0.1, -0.05) is 38.1 Å². The molecule has 3 N–H and O–H groups in total. The Kier molecular flexibility index (Phi) is 8.49. The fourth-order valence-corrected chi connectivity index (χ4v) is 2.51. The lowest BCUT2D eigenvalue weighted by Crippen LogP contribution is -2.35. The van der Waals surface area contributed by atoms with Crippen molar-refractivity contribution in [1.29, 1.82) is 0 Å². The van der Waals surface area contributed by atoms with Crippen molar-refractivity contribution in [2.24, 2.45) is 5.92 Å². The summed E-state index contributed by atoms with van der Waals surface area (Å²) in [5, 5.41) is 3.63. The molecule has 0 spiro atoms. The minimum Gasteiger partial charge on any atom is -0.385 e. The van der Waals surface area contributed by atoms with Gasteiger partial charge in [0.05, 0.1) is 0 Å². The molecule has 0 aliphatic carbocycles. The van der Waals surface area contributed by atoms with Gasteiger partial charge < -0.3 is 10.7 Å². The van der Waals surface area contributed by atoms with Gasteiger partial charge in [-0.3, -0.25) is 0 Å². The first-order valence-corrected chi connectivity index (χ1v) is 8.52. The van der Waals surface area contributed by atoms with Crippen LogP contribution in [0.4, 0.5) is 5.69 Å². The maximum Gasteiger partial charge on any atom is 0.0487 e. The van der Waals surface area contributed by atoms with Crippen LogP contribution >= 0.6 is 0 Å². The van der Waals surface area contributed by atoms with E-state index in [1.54, 1.807) is 0 Å². The molecule has 0 saturated carbocycles. The van der Waals surface area contributed by atoms with E-state index in [0.29, 0.717) is 12.0 Å². The molecule has 1 rings (SSSR count). The minimum atomic E-state index is 0.412. The Balaban J connectivity index is 2.54. The Morgan fingerprint density at radius 1 is 1.09 bits per heavy atom. The Bertz CT molecular complexity index is 488. The van der Waals surface area contributed by atoms with Crippen molar-refractivity contribution in [2.75, 3.05) is 12.5 Å². The predicted molar refractivity (Wildman–Crippen MR) is 102 cm³/mol. The molecule has 0 aliphatic rings. The summed E-state index contributed by atoms with van der Waals surface area (Å²) >= 11 is 0. The number of hydrazine groups is 1. The summed E-state index contributed by atoms with van der Waals surface area (Å²) in [5.41, 5.74) is 10.8. The fraction of sp³-hybridized carbons (Fsp3) is 0.500. The summed E-state index contributed by atoms with van der Waals surface area (Å²) in [5.74, 6) is 0.558. The Labute approximate surface area is 142 Å². The molecule has 0 aliphatic heterocycles. The second-order valence-corrected chi connectivity index (χ2v) is 6.69. The highest BCUT2D eigenvalue weighted by Gasteiger charge is 2.14. The van der Waals surface area contributed by atoms with Gasteiger partial charge in [-0.25, -0.2) is 5.43 Å². The molecule has 23 heavy (non-hydrogen) atoms. The van der Waals surface area contributed by atoms with Crippen LogP contribution in [0.25, 0.3) is 0 Å². The van der Waals surface area contributed by atoms with Gasteiger partial charge in [0.25, 0.3) is 0 Å². The summed E-state index contributed by atoms with van der Waals surface area (Å²) in [4.78, 5) is 0. The molecule has 0 aromatic heterocycles. The average molecular weight is 316 g/mol. The summed E-state index contributed by atoms with van der Waals surface area (Å²) in [6.07, 6.45) is 4.22. The van der Waals surface area contributed by atoms with E-state index in [1.807, 2.05) is 7.05 Å². The maximum atomic E-state index is 4.19. The van der Waals surface area contributed by atoms with Crippen molar-refractivity contribution in [2.45, 2.75) is 52.5 Å². The lowest BCUT2D eigenvalue weighted by atomic mass is 9.95. The molecular weight excluding hydrogens is 282 g/mol. The first-order chi connectivity index (χ1) is 10.9. The third-order valence-corrected chi connectivity index (χ3v) is 3.96. The molecule has 3 heteroatoms. The van der Waals surface area contributed by atoms with Gasteiger partial charge >= 0.3 is 0 Å². The second-order valence-electron chi connectivity index (χ2n) is 6.69. The first kappa shape index (κ1) is 19.3. The summed E-state index contributed by atoms with van der Waals surface area (Å²) < 4.78 is 0. The molecule has 3 nitrogen and oxygen atoms in total. The molecule has 1 atom stereocenters. The third-order valence-electron chi connectivity index (χ3n) is 3.96. The molecule has 0 bridgehead atoms. The highest BCUT2D eigenvalue weighted by atomic mass is 15.3. The summed E-state index contributed by atoms with van der Waals surface area (Å²) in [7, 11) is 1.87. The van der Waals surface area contributed by atoms with E-state index in [1.165, 1.54) is 11.1 Å². The zero-order valence-electron chi connectivity index (χ0n) is 15.2. The number of anilines is 1. The molecule has 0 radical (unpaired) electrons. The molecule has 1 unspecified atom stereocenters. The topological polar surface area (TPSA) is 36.1 Å². The Morgan fingerprint density at radius 3 is 2.26 bits per heavy atom. The Morgan fingerprint density at radius 2 is 1.74 bits per heavy atom. The van der Waals surface area contributed by atoms with Gasteiger partial charge in [-0.05, 0) is 56.2 Å². The molecule has 0 heterocycles. The van der Waals surface area contributed by atoms with E-state index >= 15 is 0 Å². The molecular formula is C20H33N3. The monoisotopic (exact) mass is 315 g/mol. The molecule has 128 valence electrons. The van der Waals surface area contributed by atoms with Crippen LogP contribution in [0.15, 0.2) is 48.7 Å². The van der Waals surface area contributed by atoms with Crippen LogP contribution in [-0.2, 0) is 6.42 Å². The standard InChI is InChI=1S/C20H33N3/c1-15(2)8-7-9-17(5)22-20(16(3)4)14-18-10-12-19(13-11-18)23-21-6/h10-13,16,20-23H,1,5,7-9,14H2,2-4,6H3. The van der Waals surface area contributed by atoms with Crippen molar-refractivity contribution in [3.05, 3.63) is 54.3 Å². The zero-order chi connectivity index (χ0) is 17.2.